The van der Waals surface area contributed by atoms with Crippen LogP contribution in [-0.2, 0) is 28.2 Å². The molecule has 0 radical (unpaired) electrons. The third-order valence-electron chi connectivity index (χ3n) is 7.55. The molecule has 0 aromatic carbocycles. The van der Waals surface area contributed by atoms with Crippen molar-refractivity contribution in [2.75, 3.05) is 13.2 Å². The molecule has 9 heteroatoms. The molecule has 1 atom stereocenters. The Labute approximate surface area is 292 Å². The number of carbonyl (C=O) groups is 2. The number of phosphoric ester groups is 1. The Morgan fingerprint density at radius 3 is 1.62 bits per heavy atom. The maximum atomic E-state index is 12.3. The van der Waals surface area contributed by atoms with Gasteiger partial charge < -0.3 is 19.3 Å². The number of unbranched alkanes of at least 4 members (excludes halogenated alkanes) is 14. The van der Waals surface area contributed by atoms with Gasteiger partial charge in [-0.2, -0.15) is 0 Å². The van der Waals surface area contributed by atoms with E-state index in [2.05, 4.69) is 79.1 Å². The van der Waals surface area contributed by atoms with Crippen molar-refractivity contribution in [3.05, 3.63) is 60.8 Å². The molecule has 0 heterocycles. The van der Waals surface area contributed by atoms with E-state index in [1.807, 2.05) is 0 Å². The van der Waals surface area contributed by atoms with Gasteiger partial charge in [-0.25, -0.2) is 4.57 Å². The third kappa shape index (κ3) is 36.6. The van der Waals surface area contributed by atoms with Crippen molar-refractivity contribution in [2.45, 2.75) is 161 Å². The van der Waals surface area contributed by atoms with Crippen molar-refractivity contribution >= 4 is 19.8 Å². The Bertz CT molecular complexity index is 963. The van der Waals surface area contributed by atoms with Gasteiger partial charge in [0.2, 0.25) is 0 Å². The maximum Gasteiger partial charge on any atom is 0.469 e. The summed E-state index contributed by atoms with van der Waals surface area (Å²) in [5.74, 6) is -0.928. The number of phosphoric acid groups is 1. The summed E-state index contributed by atoms with van der Waals surface area (Å²) in [5, 5.41) is 0. The molecule has 2 N–H and O–H groups in total. The summed E-state index contributed by atoms with van der Waals surface area (Å²) in [4.78, 5) is 42.7. The topological polar surface area (TPSA) is 119 Å². The molecular formula is C39H67O8P. The molecule has 48 heavy (non-hydrogen) atoms. The number of allylic oxidation sites excluding steroid dienone is 10. The lowest BCUT2D eigenvalue weighted by Crippen LogP contribution is -2.29. The zero-order valence-electron chi connectivity index (χ0n) is 30.1. The molecule has 8 nitrogen and oxygen atoms in total. The first kappa shape index (κ1) is 45.8. The van der Waals surface area contributed by atoms with E-state index in [0.29, 0.717) is 12.8 Å². The first-order chi connectivity index (χ1) is 23.3. The van der Waals surface area contributed by atoms with Gasteiger partial charge in [-0.3, -0.25) is 14.1 Å². The van der Waals surface area contributed by atoms with E-state index in [9.17, 15) is 14.2 Å². The summed E-state index contributed by atoms with van der Waals surface area (Å²) in [6, 6.07) is 0. The van der Waals surface area contributed by atoms with Crippen molar-refractivity contribution < 1.29 is 37.9 Å². The summed E-state index contributed by atoms with van der Waals surface area (Å²) in [7, 11) is -4.76. The van der Waals surface area contributed by atoms with Gasteiger partial charge in [-0.1, -0.05) is 132 Å². The van der Waals surface area contributed by atoms with Crippen molar-refractivity contribution in [1.29, 1.82) is 0 Å². The van der Waals surface area contributed by atoms with E-state index in [-0.39, 0.29) is 19.4 Å². The minimum Gasteiger partial charge on any atom is -0.462 e. The molecular weight excluding hydrogens is 627 g/mol. The third-order valence-corrected chi connectivity index (χ3v) is 8.03. The molecule has 0 fully saturated rings. The number of esters is 2. The molecule has 0 rings (SSSR count). The zero-order valence-corrected chi connectivity index (χ0v) is 31.0. The lowest BCUT2D eigenvalue weighted by molar-refractivity contribution is -0.161. The number of carbonyl (C=O) groups excluding carboxylic acids is 2. The minimum atomic E-state index is -4.76. The zero-order chi connectivity index (χ0) is 35.4. The molecule has 0 aliphatic heterocycles. The van der Waals surface area contributed by atoms with E-state index in [1.54, 1.807) is 0 Å². The van der Waals surface area contributed by atoms with Crippen LogP contribution >= 0.6 is 7.82 Å². The molecule has 276 valence electrons. The first-order valence-electron chi connectivity index (χ1n) is 18.6. The van der Waals surface area contributed by atoms with Crippen LogP contribution in [0, 0.1) is 0 Å². The number of ether oxygens (including phenoxy) is 2. The largest absolute Gasteiger partial charge is 0.469 e. The molecule has 0 amide bonds. The standard InChI is InChI=1S/C39H67O8P/c1-3-5-7-9-11-13-15-17-19-21-23-25-27-29-31-33-38(40)45-35-37(36-46-48(42,43)44)47-39(41)34-32-30-28-26-24-22-20-18-16-14-12-10-8-6-4-2/h6,8,12-15,17-20,37H,3-5,7,9-11,16,21-36H2,1-2H3,(H2,42,43,44)/b8-6+,14-12+,15-13+,19-17+,20-18+/t37-/m1/s1. The summed E-state index contributed by atoms with van der Waals surface area (Å²) in [5.41, 5.74) is 0. The Hall–Kier alpha value is -2.25. The summed E-state index contributed by atoms with van der Waals surface area (Å²) >= 11 is 0. The smallest absolute Gasteiger partial charge is 0.462 e. The Morgan fingerprint density at radius 1 is 0.583 bits per heavy atom. The average molecular weight is 695 g/mol. The highest BCUT2D eigenvalue weighted by Gasteiger charge is 2.22. The van der Waals surface area contributed by atoms with Crippen molar-refractivity contribution in [1.82, 2.24) is 0 Å². The van der Waals surface area contributed by atoms with Crippen LogP contribution in [0.15, 0.2) is 60.8 Å². The highest BCUT2D eigenvalue weighted by atomic mass is 31.2. The van der Waals surface area contributed by atoms with E-state index in [1.165, 1.54) is 25.7 Å². The number of hydrogen-bond acceptors (Lipinski definition) is 6. The van der Waals surface area contributed by atoms with Gasteiger partial charge in [0, 0.05) is 12.8 Å². The summed E-state index contributed by atoms with van der Waals surface area (Å²) in [6.45, 7) is 3.50. The predicted molar refractivity (Wildman–Crippen MR) is 197 cm³/mol. The van der Waals surface area contributed by atoms with E-state index >= 15 is 0 Å². The van der Waals surface area contributed by atoms with Gasteiger partial charge in [0.15, 0.2) is 6.10 Å². The Kier molecular flexibility index (Phi) is 33.0. The minimum absolute atomic E-state index is 0.186. The van der Waals surface area contributed by atoms with E-state index < -0.39 is 32.5 Å². The van der Waals surface area contributed by atoms with Crippen molar-refractivity contribution in [3.63, 3.8) is 0 Å². The second-order valence-electron chi connectivity index (χ2n) is 12.2. The highest BCUT2D eigenvalue weighted by Crippen LogP contribution is 2.36. The van der Waals surface area contributed by atoms with E-state index in [4.69, 9.17) is 19.3 Å². The fraction of sp³-hybridized carbons (Fsp3) is 0.692. The van der Waals surface area contributed by atoms with Crippen molar-refractivity contribution in [2.24, 2.45) is 0 Å². The molecule has 0 aromatic heterocycles. The quantitative estimate of drug-likeness (QED) is 0.0229. The molecule has 0 spiro atoms. The van der Waals surface area contributed by atoms with Gasteiger partial charge in [0.05, 0.1) is 6.61 Å². The van der Waals surface area contributed by atoms with Crippen LogP contribution in [0.4, 0.5) is 0 Å². The summed E-state index contributed by atoms with van der Waals surface area (Å²) in [6.07, 6.45) is 42.2. The number of hydrogen-bond donors (Lipinski definition) is 2. The second kappa shape index (κ2) is 34.6. The normalized spacial score (nSPS) is 13.2. The van der Waals surface area contributed by atoms with Gasteiger partial charge in [0.25, 0.3) is 0 Å². The van der Waals surface area contributed by atoms with Crippen LogP contribution in [0.25, 0.3) is 0 Å². The van der Waals surface area contributed by atoms with Gasteiger partial charge >= 0.3 is 19.8 Å². The highest BCUT2D eigenvalue weighted by molar-refractivity contribution is 7.46. The fourth-order valence-corrected chi connectivity index (χ4v) is 5.15. The van der Waals surface area contributed by atoms with Gasteiger partial charge in [-0.15, -0.1) is 0 Å². The fourth-order valence-electron chi connectivity index (χ4n) is 4.79. The molecule has 0 aliphatic rings. The SMILES string of the molecule is CC/C=C/C/C=C/C/C=C/CCCCCCCC(=O)O[C@H](COC(=O)CCCCCCC/C=C/C=C/CCCCCC)COP(=O)(O)O. The van der Waals surface area contributed by atoms with Gasteiger partial charge in [-0.05, 0) is 70.6 Å². The van der Waals surface area contributed by atoms with Crippen LogP contribution in [-0.4, -0.2) is 41.0 Å². The molecule has 0 saturated carbocycles. The molecule has 0 saturated heterocycles. The first-order valence-corrected chi connectivity index (χ1v) is 20.1. The lowest BCUT2D eigenvalue weighted by atomic mass is 10.1. The molecule has 0 bridgehead atoms. The van der Waals surface area contributed by atoms with Gasteiger partial charge in [0.1, 0.15) is 6.61 Å². The number of rotatable bonds is 33. The Morgan fingerprint density at radius 2 is 1.06 bits per heavy atom. The van der Waals surface area contributed by atoms with Crippen LogP contribution in [0.3, 0.4) is 0 Å². The monoisotopic (exact) mass is 694 g/mol. The molecule has 0 aliphatic carbocycles. The maximum absolute atomic E-state index is 12.3. The van der Waals surface area contributed by atoms with Crippen LogP contribution in [0.2, 0.25) is 0 Å². The predicted octanol–water partition coefficient (Wildman–Crippen LogP) is 11.0. The molecule has 0 aromatic rings. The van der Waals surface area contributed by atoms with Crippen LogP contribution < -0.4 is 0 Å². The lowest BCUT2D eigenvalue weighted by Gasteiger charge is -2.18. The second-order valence-corrected chi connectivity index (χ2v) is 13.4. The van der Waals surface area contributed by atoms with Crippen LogP contribution in [0.1, 0.15) is 155 Å². The summed E-state index contributed by atoms with van der Waals surface area (Å²) < 4.78 is 26.3. The van der Waals surface area contributed by atoms with Crippen molar-refractivity contribution in [3.8, 4) is 0 Å². The molecule has 0 unspecified atom stereocenters. The van der Waals surface area contributed by atoms with E-state index in [0.717, 1.165) is 89.9 Å². The average Bonchev–Trinajstić information content (AvgIpc) is 3.05. The van der Waals surface area contributed by atoms with Crippen LogP contribution in [0.5, 0.6) is 0 Å². The Balaban J connectivity index is 4.05.